The van der Waals surface area contributed by atoms with Gasteiger partial charge in [-0.05, 0) is 61.3 Å². The van der Waals surface area contributed by atoms with Crippen LogP contribution in [-0.2, 0) is 17.9 Å². The zero-order chi connectivity index (χ0) is 21.7. The van der Waals surface area contributed by atoms with Gasteiger partial charge in [0.2, 0.25) is 5.91 Å². The summed E-state index contributed by atoms with van der Waals surface area (Å²) in [6, 6.07) is 9.57. The number of hydrogen-bond acceptors (Lipinski definition) is 6. The largest absolute Gasteiger partial charge is 0.368 e. The fourth-order valence-corrected chi connectivity index (χ4v) is 6.43. The van der Waals surface area contributed by atoms with Gasteiger partial charge >= 0.3 is 0 Å². The van der Waals surface area contributed by atoms with Crippen LogP contribution in [0.4, 0.5) is 5.69 Å². The summed E-state index contributed by atoms with van der Waals surface area (Å²) in [6.07, 6.45) is 7.84. The minimum absolute atomic E-state index is 0.0399. The highest BCUT2D eigenvalue weighted by molar-refractivity contribution is 5.82. The van der Waals surface area contributed by atoms with Crippen molar-refractivity contribution in [3.8, 4) is 6.07 Å². The maximum absolute atomic E-state index is 12.9. The summed E-state index contributed by atoms with van der Waals surface area (Å²) in [5, 5.41) is 18.8. The van der Waals surface area contributed by atoms with E-state index in [9.17, 15) is 10.1 Å². The molecular formula is C25H34N6O. The summed E-state index contributed by atoms with van der Waals surface area (Å²) in [4.78, 5) is 15.5. The molecule has 6 rings (SSSR count). The van der Waals surface area contributed by atoms with E-state index in [0.717, 1.165) is 56.8 Å². The minimum Gasteiger partial charge on any atom is -0.368 e. The Labute approximate surface area is 190 Å². The fourth-order valence-electron chi connectivity index (χ4n) is 6.43. The van der Waals surface area contributed by atoms with Gasteiger partial charge in [0.05, 0.1) is 17.9 Å². The summed E-state index contributed by atoms with van der Waals surface area (Å²) >= 11 is 0. The highest BCUT2D eigenvalue weighted by Crippen LogP contribution is 2.37. The van der Waals surface area contributed by atoms with E-state index in [4.69, 9.17) is 0 Å². The van der Waals surface area contributed by atoms with E-state index in [1.54, 1.807) is 0 Å². The van der Waals surface area contributed by atoms with E-state index in [1.165, 1.54) is 30.5 Å². The molecule has 1 aromatic rings. The Hall–Kier alpha value is -2.14. The lowest BCUT2D eigenvalue weighted by atomic mass is 9.83. The average molecular weight is 435 g/mol. The summed E-state index contributed by atoms with van der Waals surface area (Å²) in [6.45, 7) is 4.03. The molecule has 32 heavy (non-hydrogen) atoms. The molecule has 0 bridgehead atoms. The van der Waals surface area contributed by atoms with Gasteiger partial charge in [0.15, 0.2) is 0 Å². The van der Waals surface area contributed by atoms with Crippen molar-refractivity contribution in [2.45, 2.75) is 76.3 Å². The van der Waals surface area contributed by atoms with Gasteiger partial charge in [-0.3, -0.25) is 9.69 Å². The minimum atomic E-state index is -0.149. The van der Waals surface area contributed by atoms with Gasteiger partial charge in [-0.1, -0.05) is 18.9 Å². The number of nitriles is 1. The van der Waals surface area contributed by atoms with E-state index in [1.807, 2.05) is 0 Å². The van der Waals surface area contributed by atoms with Crippen molar-refractivity contribution in [2.24, 2.45) is 17.8 Å². The molecule has 1 amide bonds. The van der Waals surface area contributed by atoms with Crippen LogP contribution in [0.5, 0.6) is 0 Å². The van der Waals surface area contributed by atoms with E-state index < -0.39 is 0 Å². The van der Waals surface area contributed by atoms with Crippen LogP contribution in [-0.4, -0.2) is 47.2 Å². The SMILES string of the molecule is N#C[C@H]1CCCC[C@@H]1N1NC(Nc2ccc3c(c2)CN(CC2CC2)C3)C2C(=O)NCCC21. The summed E-state index contributed by atoms with van der Waals surface area (Å²) in [5.41, 5.74) is 7.58. The number of nitrogens with zero attached hydrogens (tertiary/aromatic N) is 3. The number of rotatable bonds is 5. The second-order valence-corrected chi connectivity index (χ2v) is 10.5. The number of amides is 1. The second-order valence-electron chi connectivity index (χ2n) is 10.5. The highest BCUT2D eigenvalue weighted by atomic mass is 16.2. The molecule has 3 heterocycles. The number of anilines is 1. The molecule has 0 radical (unpaired) electrons. The van der Waals surface area contributed by atoms with Crippen LogP contribution >= 0.6 is 0 Å². The third-order valence-corrected chi connectivity index (χ3v) is 8.24. The normalized spacial score (nSPS) is 35.1. The Kier molecular flexibility index (Phi) is 5.33. The highest BCUT2D eigenvalue weighted by Gasteiger charge is 2.51. The summed E-state index contributed by atoms with van der Waals surface area (Å²) in [7, 11) is 0. The van der Waals surface area contributed by atoms with Gasteiger partial charge in [0.25, 0.3) is 0 Å². The number of hydrazine groups is 1. The number of hydrogen-bond donors (Lipinski definition) is 3. The maximum atomic E-state index is 12.9. The first-order valence-corrected chi connectivity index (χ1v) is 12.5. The molecule has 7 nitrogen and oxygen atoms in total. The first-order valence-electron chi connectivity index (χ1n) is 12.5. The predicted molar refractivity (Wildman–Crippen MR) is 122 cm³/mol. The second kappa shape index (κ2) is 8.33. The van der Waals surface area contributed by atoms with Gasteiger partial charge in [0, 0.05) is 44.0 Å². The molecule has 3 N–H and O–H groups in total. The van der Waals surface area contributed by atoms with Crippen molar-refractivity contribution >= 4 is 11.6 Å². The molecule has 170 valence electrons. The van der Waals surface area contributed by atoms with Crippen molar-refractivity contribution in [2.75, 3.05) is 18.4 Å². The van der Waals surface area contributed by atoms with Gasteiger partial charge < -0.3 is 10.6 Å². The Morgan fingerprint density at radius 1 is 1.06 bits per heavy atom. The van der Waals surface area contributed by atoms with Crippen LogP contribution in [0.25, 0.3) is 0 Å². The van der Waals surface area contributed by atoms with Crippen molar-refractivity contribution in [3.05, 3.63) is 29.3 Å². The van der Waals surface area contributed by atoms with Crippen LogP contribution < -0.4 is 16.1 Å². The van der Waals surface area contributed by atoms with E-state index in [2.05, 4.69) is 50.2 Å². The summed E-state index contributed by atoms with van der Waals surface area (Å²) in [5.74, 6) is 0.923. The maximum Gasteiger partial charge on any atom is 0.228 e. The third-order valence-electron chi connectivity index (χ3n) is 8.24. The van der Waals surface area contributed by atoms with Crippen LogP contribution in [0.2, 0.25) is 0 Å². The Morgan fingerprint density at radius 2 is 1.91 bits per heavy atom. The first-order chi connectivity index (χ1) is 15.7. The molecule has 0 spiro atoms. The molecule has 5 atom stereocenters. The standard InChI is InChI=1S/C25H34N6O/c26-12-17-3-1-2-4-21(17)31-22-9-10-27-25(32)23(22)24(29-31)28-20-8-7-18-14-30(13-16-5-6-16)15-19(18)11-20/h7-8,11,16-17,21-24,28-29H,1-6,9-10,13-15H2,(H,27,32)/t17-,21+,22?,23?,24?/m1/s1. The number of fused-ring (bicyclic) bond motifs is 2. The topological polar surface area (TPSA) is 83.4 Å². The van der Waals surface area contributed by atoms with Gasteiger partial charge in [-0.25, -0.2) is 10.4 Å². The molecule has 4 fully saturated rings. The molecule has 3 aliphatic heterocycles. The van der Waals surface area contributed by atoms with Crippen LogP contribution in [0.15, 0.2) is 18.2 Å². The lowest BCUT2D eigenvalue weighted by molar-refractivity contribution is -0.128. The van der Waals surface area contributed by atoms with Crippen LogP contribution in [0, 0.1) is 29.1 Å². The molecule has 3 unspecified atom stereocenters. The number of piperidine rings is 1. The van der Waals surface area contributed by atoms with E-state index in [0.29, 0.717) is 6.54 Å². The lowest BCUT2D eigenvalue weighted by Gasteiger charge is -2.39. The number of nitrogens with one attached hydrogen (secondary N) is 3. The van der Waals surface area contributed by atoms with Crippen molar-refractivity contribution in [1.29, 1.82) is 5.26 Å². The number of carbonyl (C=O) groups is 1. The monoisotopic (exact) mass is 434 g/mol. The Morgan fingerprint density at radius 3 is 2.75 bits per heavy atom. The molecule has 0 aromatic heterocycles. The molecule has 7 heteroatoms. The van der Waals surface area contributed by atoms with Crippen LogP contribution in [0.3, 0.4) is 0 Å². The van der Waals surface area contributed by atoms with E-state index >= 15 is 0 Å². The average Bonchev–Trinajstić information content (AvgIpc) is 3.41. The molecule has 2 saturated carbocycles. The molecule has 2 saturated heterocycles. The molecule has 2 aliphatic carbocycles. The zero-order valence-corrected chi connectivity index (χ0v) is 18.7. The van der Waals surface area contributed by atoms with E-state index in [-0.39, 0.29) is 36.0 Å². The summed E-state index contributed by atoms with van der Waals surface area (Å²) < 4.78 is 0. The predicted octanol–water partition coefficient (Wildman–Crippen LogP) is 2.56. The van der Waals surface area contributed by atoms with Crippen molar-refractivity contribution in [3.63, 3.8) is 0 Å². The lowest BCUT2D eigenvalue weighted by Crippen LogP contribution is -2.54. The molecule has 5 aliphatic rings. The van der Waals surface area contributed by atoms with Crippen LogP contribution in [0.1, 0.15) is 56.1 Å². The smallest absolute Gasteiger partial charge is 0.228 e. The van der Waals surface area contributed by atoms with Gasteiger partial charge in [-0.2, -0.15) is 5.26 Å². The Bertz CT molecular complexity index is 923. The van der Waals surface area contributed by atoms with Crippen molar-refractivity contribution in [1.82, 2.24) is 20.7 Å². The van der Waals surface area contributed by atoms with Gasteiger partial charge in [-0.15, -0.1) is 0 Å². The number of carbonyl (C=O) groups excluding carboxylic acids is 1. The third kappa shape index (κ3) is 3.79. The first kappa shape index (κ1) is 20.5. The number of benzene rings is 1. The zero-order valence-electron chi connectivity index (χ0n) is 18.7. The molecule has 1 aromatic carbocycles. The van der Waals surface area contributed by atoms with Crippen molar-refractivity contribution < 1.29 is 4.79 Å². The van der Waals surface area contributed by atoms with Gasteiger partial charge in [0.1, 0.15) is 6.17 Å². The molecular weight excluding hydrogens is 400 g/mol. The fraction of sp³-hybridized carbons (Fsp3) is 0.680. The Balaban J connectivity index is 1.20. The quantitative estimate of drug-likeness (QED) is 0.661.